The number of primary sulfonamides is 1. The lowest BCUT2D eigenvalue weighted by Crippen LogP contribution is -2.44. The number of furan rings is 1. The quantitative estimate of drug-likeness (QED) is 0.348. The van der Waals surface area contributed by atoms with Crippen molar-refractivity contribution in [3.8, 4) is 0 Å². The lowest BCUT2D eigenvalue weighted by molar-refractivity contribution is 0.330. The number of guanidine groups is 1. The number of halogens is 1. The number of likely N-dealkylation sites (tertiary alicyclic amines) is 1. The van der Waals surface area contributed by atoms with Gasteiger partial charge in [0.15, 0.2) is 5.96 Å². The number of rotatable bonds is 6. The molecule has 1 aromatic heterocycles. The fraction of sp³-hybridized carbons (Fsp3) is 0.421. The van der Waals surface area contributed by atoms with E-state index in [9.17, 15) is 8.42 Å². The van der Waals surface area contributed by atoms with Crippen LogP contribution in [0.15, 0.2) is 57.0 Å². The van der Waals surface area contributed by atoms with E-state index in [1.54, 1.807) is 18.4 Å². The van der Waals surface area contributed by atoms with E-state index in [0.29, 0.717) is 6.54 Å². The summed E-state index contributed by atoms with van der Waals surface area (Å²) in [5.74, 6) is 1.83. The molecule has 28 heavy (non-hydrogen) atoms. The van der Waals surface area contributed by atoms with Crippen molar-refractivity contribution in [1.29, 1.82) is 0 Å². The lowest BCUT2D eigenvalue weighted by atomic mass is 10.1. The van der Waals surface area contributed by atoms with Crippen molar-refractivity contribution >= 4 is 40.0 Å². The number of piperidine rings is 1. The molecule has 0 bridgehead atoms. The molecule has 9 heteroatoms. The fourth-order valence-electron chi connectivity index (χ4n) is 3.08. The largest absolute Gasteiger partial charge is 0.469 e. The minimum atomic E-state index is -3.67. The van der Waals surface area contributed by atoms with Gasteiger partial charge in [0.05, 0.1) is 17.7 Å². The molecule has 0 aliphatic carbocycles. The summed E-state index contributed by atoms with van der Waals surface area (Å²) in [7, 11) is -3.67. The first-order valence-corrected chi connectivity index (χ1v) is 10.7. The fourth-order valence-corrected chi connectivity index (χ4v) is 3.59. The van der Waals surface area contributed by atoms with Gasteiger partial charge in [-0.2, -0.15) is 0 Å². The Kier molecular flexibility index (Phi) is 8.77. The van der Waals surface area contributed by atoms with E-state index in [-0.39, 0.29) is 28.9 Å². The Labute approximate surface area is 183 Å². The third-order valence-corrected chi connectivity index (χ3v) is 5.48. The van der Waals surface area contributed by atoms with Crippen molar-refractivity contribution in [2.45, 2.75) is 37.1 Å². The minimum absolute atomic E-state index is 0. The summed E-state index contributed by atoms with van der Waals surface area (Å²) in [5, 5.41) is 8.58. The van der Waals surface area contributed by atoms with Crippen LogP contribution < -0.4 is 10.5 Å². The zero-order chi connectivity index (χ0) is 19.1. The Balaban J connectivity index is 0.00000280. The van der Waals surface area contributed by atoms with Gasteiger partial charge < -0.3 is 14.6 Å². The number of hydrogen-bond acceptors (Lipinski definition) is 4. The molecule has 0 saturated carbocycles. The summed E-state index contributed by atoms with van der Waals surface area (Å²) < 4.78 is 28.1. The summed E-state index contributed by atoms with van der Waals surface area (Å²) in [6, 6.07) is 10.4. The van der Waals surface area contributed by atoms with Crippen molar-refractivity contribution in [1.82, 2.24) is 10.2 Å². The maximum absolute atomic E-state index is 11.4. The molecule has 2 heterocycles. The first-order chi connectivity index (χ1) is 13.0. The van der Waals surface area contributed by atoms with Crippen LogP contribution in [0.1, 0.15) is 30.6 Å². The second-order valence-corrected chi connectivity index (χ2v) is 8.19. The molecule has 7 nitrogen and oxygen atoms in total. The van der Waals surface area contributed by atoms with Gasteiger partial charge in [0.2, 0.25) is 10.0 Å². The predicted molar refractivity (Wildman–Crippen MR) is 120 cm³/mol. The van der Waals surface area contributed by atoms with Gasteiger partial charge in [0.1, 0.15) is 5.76 Å². The predicted octanol–water partition coefficient (Wildman–Crippen LogP) is 2.72. The van der Waals surface area contributed by atoms with E-state index in [2.05, 4.69) is 10.2 Å². The van der Waals surface area contributed by atoms with E-state index < -0.39 is 10.0 Å². The maximum Gasteiger partial charge on any atom is 0.238 e. The molecule has 1 fully saturated rings. The van der Waals surface area contributed by atoms with Crippen LogP contribution in [0, 0.1) is 0 Å². The van der Waals surface area contributed by atoms with E-state index in [1.807, 2.05) is 12.1 Å². The number of sulfonamides is 1. The summed E-state index contributed by atoms with van der Waals surface area (Å²) in [6.45, 7) is 3.21. The van der Waals surface area contributed by atoms with Crippen molar-refractivity contribution < 1.29 is 12.8 Å². The summed E-state index contributed by atoms with van der Waals surface area (Å²) >= 11 is 0. The summed E-state index contributed by atoms with van der Waals surface area (Å²) in [5.41, 5.74) is 0.935. The summed E-state index contributed by atoms with van der Waals surface area (Å²) in [4.78, 5) is 7.14. The van der Waals surface area contributed by atoms with Crippen LogP contribution in [0.2, 0.25) is 0 Å². The first kappa shape index (κ1) is 22.7. The molecule has 0 amide bonds. The van der Waals surface area contributed by atoms with Crippen LogP contribution in [0.5, 0.6) is 0 Å². The van der Waals surface area contributed by atoms with Gasteiger partial charge >= 0.3 is 0 Å². The topological polar surface area (TPSA) is 101 Å². The zero-order valence-electron chi connectivity index (χ0n) is 15.7. The van der Waals surface area contributed by atoms with Gasteiger partial charge in [-0.3, -0.25) is 0 Å². The SMILES string of the molecule is I.NS(=O)(=O)c1ccc(CN=C(NCCc2ccco2)N2CCCCC2)cc1. The van der Waals surface area contributed by atoms with Gasteiger partial charge in [0, 0.05) is 26.1 Å². The highest BCUT2D eigenvalue weighted by molar-refractivity contribution is 14.0. The van der Waals surface area contributed by atoms with E-state index in [0.717, 1.165) is 43.3 Å². The molecule has 1 aliphatic rings. The monoisotopic (exact) mass is 518 g/mol. The highest BCUT2D eigenvalue weighted by atomic mass is 127. The number of nitrogens with one attached hydrogen (secondary N) is 1. The van der Waals surface area contributed by atoms with Gasteiger partial charge in [-0.05, 0) is 49.1 Å². The maximum atomic E-state index is 11.4. The Hall–Kier alpha value is -1.59. The van der Waals surface area contributed by atoms with Crippen LogP contribution >= 0.6 is 24.0 Å². The third-order valence-electron chi connectivity index (χ3n) is 4.55. The number of aliphatic imine (C=N–C) groups is 1. The molecule has 3 N–H and O–H groups in total. The molecule has 1 aliphatic heterocycles. The Bertz CT molecular complexity index is 846. The number of benzene rings is 1. The van der Waals surface area contributed by atoms with Crippen LogP contribution in [-0.2, 0) is 23.0 Å². The van der Waals surface area contributed by atoms with Crippen molar-refractivity contribution in [3.63, 3.8) is 0 Å². The third kappa shape index (κ3) is 6.78. The Morgan fingerprint density at radius 2 is 1.86 bits per heavy atom. The van der Waals surface area contributed by atoms with Crippen LogP contribution in [0.4, 0.5) is 0 Å². The minimum Gasteiger partial charge on any atom is -0.469 e. The molecular weight excluding hydrogens is 491 g/mol. The lowest BCUT2D eigenvalue weighted by Gasteiger charge is -2.30. The smallest absolute Gasteiger partial charge is 0.238 e. The van der Waals surface area contributed by atoms with Crippen LogP contribution in [0.3, 0.4) is 0 Å². The number of nitrogens with two attached hydrogens (primary N) is 1. The molecule has 154 valence electrons. The highest BCUT2D eigenvalue weighted by Gasteiger charge is 2.15. The van der Waals surface area contributed by atoms with Gasteiger partial charge in [-0.15, -0.1) is 24.0 Å². The standard InChI is InChI=1S/C19H26N4O3S.HI/c20-27(24,25)18-8-6-16(7-9-18)15-22-19(23-12-2-1-3-13-23)21-11-10-17-5-4-14-26-17;/h4-9,14H,1-3,10-13,15H2,(H,21,22)(H2,20,24,25);1H. The van der Waals surface area contributed by atoms with Crippen molar-refractivity contribution in [2.24, 2.45) is 10.1 Å². The van der Waals surface area contributed by atoms with Gasteiger partial charge in [-0.25, -0.2) is 18.5 Å². The van der Waals surface area contributed by atoms with E-state index in [1.165, 1.54) is 31.4 Å². The molecule has 0 atom stereocenters. The zero-order valence-corrected chi connectivity index (χ0v) is 18.9. The van der Waals surface area contributed by atoms with E-state index >= 15 is 0 Å². The van der Waals surface area contributed by atoms with Gasteiger partial charge in [0.25, 0.3) is 0 Å². The first-order valence-electron chi connectivity index (χ1n) is 9.20. The summed E-state index contributed by atoms with van der Waals surface area (Å²) in [6.07, 6.45) is 6.07. The molecule has 2 aromatic rings. The molecule has 1 saturated heterocycles. The van der Waals surface area contributed by atoms with Crippen LogP contribution in [-0.4, -0.2) is 38.9 Å². The molecule has 0 unspecified atom stereocenters. The number of hydrogen-bond donors (Lipinski definition) is 2. The molecule has 0 radical (unpaired) electrons. The number of nitrogens with zero attached hydrogens (tertiary/aromatic N) is 2. The molecule has 3 rings (SSSR count). The Morgan fingerprint density at radius 3 is 2.46 bits per heavy atom. The molecular formula is C19H27IN4O3S. The second-order valence-electron chi connectivity index (χ2n) is 6.63. The van der Waals surface area contributed by atoms with Gasteiger partial charge in [-0.1, -0.05) is 12.1 Å². The molecule has 1 aromatic carbocycles. The average Bonchev–Trinajstić information content (AvgIpc) is 3.18. The highest BCUT2D eigenvalue weighted by Crippen LogP contribution is 2.12. The normalized spacial score (nSPS) is 15.2. The van der Waals surface area contributed by atoms with Crippen molar-refractivity contribution in [3.05, 3.63) is 54.0 Å². The Morgan fingerprint density at radius 1 is 1.14 bits per heavy atom. The van der Waals surface area contributed by atoms with E-state index in [4.69, 9.17) is 14.5 Å². The van der Waals surface area contributed by atoms with Crippen molar-refractivity contribution in [2.75, 3.05) is 19.6 Å². The molecule has 0 spiro atoms. The average molecular weight is 518 g/mol. The second kappa shape index (κ2) is 10.8. The van der Waals surface area contributed by atoms with Crippen LogP contribution in [0.25, 0.3) is 0 Å².